The third-order valence-electron chi connectivity index (χ3n) is 7.19. The highest BCUT2D eigenvalue weighted by Crippen LogP contribution is 2.60. The van der Waals surface area contributed by atoms with Crippen LogP contribution < -0.4 is 5.32 Å². The predicted molar refractivity (Wildman–Crippen MR) is 113 cm³/mol. The molecule has 1 aliphatic heterocycles. The normalized spacial score (nSPS) is 32.1. The molecule has 4 heteroatoms. The Bertz CT molecular complexity index is 894. The molecule has 0 radical (unpaired) electrons. The monoisotopic (exact) mass is 397 g/mol. The number of carbonyl (C=O) groups is 1. The van der Waals surface area contributed by atoms with Crippen LogP contribution in [0.25, 0.3) is 0 Å². The van der Waals surface area contributed by atoms with Crippen LogP contribution in [0.15, 0.2) is 42.5 Å². The van der Waals surface area contributed by atoms with Crippen LogP contribution in [-0.4, -0.2) is 17.1 Å². The van der Waals surface area contributed by atoms with Crippen LogP contribution in [0.3, 0.4) is 0 Å². The van der Waals surface area contributed by atoms with Crippen molar-refractivity contribution in [2.24, 2.45) is 11.3 Å². The third-order valence-corrected chi connectivity index (χ3v) is 7.51. The van der Waals surface area contributed by atoms with Gasteiger partial charge in [0.05, 0.1) is 5.41 Å². The number of rotatable bonds is 3. The van der Waals surface area contributed by atoms with Crippen LogP contribution in [0.2, 0.25) is 5.02 Å². The molecule has 148 valence electrons. The number of benzene rings is 2. The number of amides is 1. The van der Waals surface area contributed by atoms with E-state index in [9.17, 15) is 9.90 Å². The van der Waals surface area contributed by atoms with Gasteiger partial charge in [0.1, 0.15) is 5.75 Å². The van der Waals surface area contributed by atoms with Crippen LogP contribution in [-0.2, 0) is 4.79 Å². The van der Waals surface area contributed by atoms with Crippen molar-refractivity contribution in [1.82, 2.24) is 5.32 Å². The smallest absolute Gasteiger partial charge is 0.226 e. The molecule has 2 fully saturated rings. The SMILES string of the molecule is CC[C@@]12CC[C@@H](c3ccc(O)cc3Cl)[C@H](c3ccc(C)cc3)[C@@H]1[C@@H](C)NC2=O. The summed E-state index contributed by atoms with van der Waals surface area (Å²) < 4.78 is 0. The maximum Gasteiger partial charge on any atom is 0.226 e. The predicted octanol–water partition coefficient (Wildman–Crippen LogP) is 5.55. The van der Waals surface area contributed by atoms with Gasteiger partial charge in [-0.25, -0.2) is 0 Å². The van der Waals surface area contributed by atoms with Crippen LogP contribution in [0.5, 0.6) is 5.75 Å². The minimum absolute atomic E-state index is 0.123. The molecule has 1 aliphatic carbocycles. The molecule has 2 N–H and O–H groups in total. The first-order valence-corrected chi connectivity index (χ1v) is 10.6. The Kier molecular flexibility index (Phi) is 4.91. The van der Waals surface area contributed by atoms with Gasteiger partial charge in [-0.15, -0.1) is 0 Å². The van der Waals surface area contributed by atoms with Crippen molar-refractivity contribution >= 4 is 17.5 Å². The second-order valence-corrected chi connectivity index (χ2v) is 8.99. The summed E-state index contributed by atoms with van der Waals surface area (Å²) in [5, 5.41) is 13.7. The van der Waals surface area contributed by atoms with Gasteiger partial charge in [-0.3, -0.25) is 4.79 Å². The largest absolute Gasteiger partial charge is 0.508 e. The van der Waals surface area contributed by atoms with E-state index in [1.54, 1.807) is 12.1 Å². The van der Waals surface area contributed by atoms with Crippen molar-refractivity contribution in [3.05, 3.63) is 64.2 Å². The number of phenols is 1. The number of phenolic OH excluding ortho intramolecular Hbond substituents is 1. The number of aromatic hydroxyl groups is 1. The number of halogens is 1. The van der Waals surface area contributed by atoms with Gasteiger partial charge >= 0.3 is 0 Å². The van der Waals surface area contributed by atoms with Crippen molar-refractivity contribution in [2.45, 2.75) is 57.9 Å². The molecule has 5 atom stereocenters. The lowest BCUT2D eigenvalue weighted by atomic mass is 9.54. The molecule has 2 aromatic carbocycles. The zero-order chi connectivity index (χ0) is 20.1. The minimum Gasteiger partial charge on any atom is -0.508 e. The second kappa shape index (κ2) is 7.11. The molecule has 1 saturated heterocycles. The lowest BCUT2D eigenvalue weighted by molar-refractivity contribution is -0.131. The molecule has 3 nitrogen and oxygen atoms in total. The van der Waals surface area contributed by atoms with E-state index >= 15 is 0 Å². The maximum atomic E-state index is 13.0. The second-order valence-electron chi connectivity index (χ2n) is 8.59. The fourth-order valence-corrected chi connectivity index (χ4v) is 6.13. The summed E-state index contributed by atoms with van der Waals surface area (Å²) in [6, 6.07) is 14.2. The Morgan fingerprint density at radius 2 is 1.93 bits per heavy atom. The van der Waals surface area contributed by atoms with Gasteiger partial charge in [0.2, 0.25) is 5.91 Å². The van der Waals surface area contributed by atoms with E-state index in [0.717, 1.165) is 24.8 Å². The highest BCUT2D eigenvalue weighted by atomic mass is 35.5. The van der Waals surface area contributed by atoms with Gasteiger partial charge in [-0.05, 0) is 68.2 Å². The zero-order valence-corrected chi connectivity index (χ0v) is 17.5. The lowest BCUT2D eigenvalue weighted by Gasteiger charge is -2.47. The standard InChI is InChI=1S/C24H28ClNO2/c1-4-24-12-11-19(18-10-9-17(27)13-20(18)25)21(16-7-5-14(2)6-8-16)22(24)15(3)26-23(24)28/h5-10,13,15,19,21-22,27H,4,11-12H2,1-3H3,(H,26,28)/t15-,19+,21+,22+,24-/m1/s1. The fraction of sp³-hybridized carbons (Fsp3) is 0.458. The minimum atomic E-state index is -0.311. The van der Waals surface area contributed by atoms with Crippen LogP contribution in [0, 0.1) is 18.3 Å². The van der Waals surface area contributed by atoms with Crippen molar-refractivity contribution in [2.75, 3.05) is 0 Å². The fourth-order valence-electron chi connectivity index (χ4n) is 5.82. The topological polar surface area (TPSA) is 49.3 Å². The first kappa shape index (κ1) is 19.3. The van der Waals surface area contributed by atoms with E-state index in [4.69, 9.17) is 11.6 Å². The average Bonchev–Trinajstić information content (AvgIpc) is 2.93. The maximum absolute atomic E-state index is 13.0. The summed E-state index contributed by atoms with van der Waals surface area (Å²) >= 11 is 6.57. The number of hydrogen-bond donors (Lipinski definition) is 2. The number of carbonyl (C=O) groups excluding carboxylic acids is 1. The van der Waals surface area contributed by atoms with E-state index in [1.807, 2.05) is 6.07 Å². The number of fused-ring (bicyclic) bond motifs is 1. The summed E-state index contributed by atoms with van der Waals surface area (Å²) in [4.78, 5) is 13.0. The highest BCUT2D eigenvalue weighted by molar-refractivity contribution is 6.31. The van der Waals surface area contributed by atoms with Crippen molar-refractivity contribution in [3.63, 3.8) is 0 Å². The lowest BCUT2D eigenvalue weighted by Crippen LogP contribution is -2.43. The number of aryl methyl sites for hydroxylation is 1. The highest BCUT2D eigenvalue weighted by Gasteiger charge is 2.59. The summed E-state index contributed by atoms with van der Waals surface area (Å²) in [6.07, 6.45) is 2.63. The van der Waals surface area contributed by atoms with Gasteiger partial charge in [-0.2, -0.15) is 0 Å². The molecule has 0 aromatic heterocycles. The first-order valence-electron chi connectivity index (χ1n) is 10.2. The van der Waals surface area contributed by atoms with Crippen LogP contribution in [0.1, 0.15) is 61.6 Å². The molecule has 0 bridgehead atoms. The van der Waals surface area contributed by atoms with Crippen molar-refractivity contribution in [3.8, 4) is 5.75 Å². The molecular weight excluding hydrogens is 370 g/mol. The number of nitrogens with one attached hydrogen (secondary N) is 1. The van der Waals surface area contributed by atoms with Crippen LogP contribution >= 0.6 is 11.6 Å². The van der Waals surface area contributed by atoms with Gasteiger partial charge in [0.25, 0.3) is 0 Å². The van der Waals surface area contributed by atoms with Gasteiger partial charge in [0, 0.05) is 17.0 Å². The molecule has 28 heavy (non-hydrogen) atoms. The zero-order valence-electron chi connectivity index (χ0n) is 16.7. The van der Waals surface area contributed by atoms with Crippen LogP contribution in [0.4, 0.5) is 0 Å². The van der Waals surface area contributed by atoms with Gasteiger partial charge in [0.15, 0.2) is 0 Å². The Hall–Kier alpha value is -2.00. The summed E-state index contributed by atoms with van der Waals surface area (Å²) in [6.45, 7) is 6.38. The van der Waals surface area contributed by atoms with Crippen molar-refractivity contribution in [1.29, 1.82) is 0 Å². The van der Waals surface area contributed by atoms with E-state index in [2.05, 4.69) is 50.4 Å². The average molecular weight is 398 g/mol. The first-order chi connectivity index (χ1) is 13.4. The van der Waals surface area contributed by atoms with Gasteiger partial charge in [-0.1, -0.05) is 54.4 Å². The summed E-state index contributed by atoms with van der Waals surface area (Å²) in [7, 11) is 0. The molecule has 2 aromatic rings. The summed E-state index contributed by atoms with van der Waals surface area (Å²) in [5.41, 5.74) is 3.26. The van der Waals surface area contributed by atoms with Crippen molar-refractivity contribution < 1.29 is 9.90 Å². The third kappa shape index (κ3) is 2.91. The Morgan fingerprint density at radius 1 is 1.21 bits per heavy atom. The van der Waals surface area contributed by atoms with E-state index in [1.165, 1.54) is 11.1 Å². The van der Waals surface area contributed by atoms with E-state index in [0.29, 0.717) is 5.02 Å². The Morgan fingerprint density at radius 3 is 2.57 bits per heavy atom. The summed E-state index contributed by atoms with van der Waals surface area (Å²) in [5.74, 6) is 1.03. The molecule has 1 saturated carbocycles. The van der Waals surface area contributed by atoms with Gasteiger partial charge < -0.3 is 10.4 Å². The Labute approximate surface area is 172 Å². The molecule has 1 heterocycles. The molecular formula is C24H28ClNO2. The molecule has 4 rings (SSSR count). The number of hydrogen-bond acceptors (Lipinski definition) is 2. The molecule has 0 spiro atoms. The Balaban J connectivity index is 1.87. The molecule has 0 unspecified atom stereocenters. The molecule has 2 aliphatic rings. The van der Waals surface area contributed by atoms with E-state index in [-0.39, 0.29) is 40.9 Å². The van der Waals surface area contributed by atoms with E-state index < -0.39 is 0 Å². The quantitative estimate of drug-likeness (QED) is 0.713. The molecule has 1 amide bonds.